The molecule has 0 aliphatic rings. The van der Waals surface area contributed by atoms with Crippen LogP contribution in [0.3, 0.4) is 0 Å². The average Bonchev–Trinajstić information content (AvgIpc) is 2.99. The average molecular weight is 619 g/mol. The molecule has 0 saturated heterocycles. The highest BCUT2D eigenvalue weighted by atomic mass is 19.4. The number of hydrogen-bond donors (Lipinski definition) is 2. The maximum absolute atomic E-state index is 13.5. The molecule has 0 spiro atoms. The van der Waals surface area contributed by atoms with Crippen LogP contribution in [-0.2, 0) is 15.7 Å². The van der Waals surface area contributed by atoms with Crippen molar-refractivity contribution >= 4 is 28.3 Å². The molecule has 3 aromatic carbocycles. The fraction of sp³-hybridized carbons (Fsp3) is 0.300. The van der Waals surface area contributed by atoms with Crippen molar-refractivity contribution in [2.24, 2.45) is 0 Å². The van der Waals surface area contributed by atoms with E-state index >= 15 is 0 Å². The molecular formula is C30H30F4N4O6. The summed E-state index contributed by atoms with van der Waals surface area (Å²) in [6, 6.07) is 11.0. The number of ether oxygens (including phenoxy) is 5. The number of amides is 2. The van der Waals surface area contributed by atoms with Gasteiger partial charge >= 0.3 is 12.2 Å². The molecular weight excluding hydrogens is 588 g/mol. The molecule has 1 heterocycles. The number of rotatable bonds is 14. The summed E-state index contributed by atoms with van der Waals surface area (Å²) >= 11 is 0. The van der Waals surface area contributed by atoms with Gasteiger partial charge < -0.3 is 34.3 Å². The van der Waals surface area contributed by atoms with E-state index in [9.17, 15) is 22.4 Å². The van der Waals surface area contributed by atoms with Crippen LogP contribution >= 0.6 is 0 Å². The molecule has 44 heavy (non-hydrogen) atoms. The Hall–Kier alpha value is -4.69. The highest BCUT2D eigenvalue weighted by Gasteiger charge is 2.34. The normalized spacial score (nSPS) is 11.3. The number of fused-ring (bicyclic) bond motifs is 1. The van der Waals surface area contributed by atoms with Gasteiger partial charge in [-0.05, 0) is 55.5 Å². The molecule has 0 atom stereocenters. The summed E-state index contributed by atoms with van der Waals surface area (Å²) in [5, 5.41) is 5.31. The van der Waals surface area contributed by atoms with Gasteiger partial charge in [-0.1, -0.05) is 0 Å². The van der Waals surface area contributed by atoms with Crippen LogP contribution in [-0.4, -0.2) is 56.1 Å². The minimum absolute atomic E-state index is 0.225. The molecule has 0 aliphatic carbocycles. The lowest BCUT2D eigenvalue weighted by Crippen LogP contribution is -2.20. The smallest absolute Gasteiger partial charge is 0.419 e. The van der Waals surface area contributed by atoms with Crippen LogP contribution in [0.2, 0.25) is 0 Å². The molecule has 0 radical (unpaired) electrons. The number of anilines is 2. The van der Waals surface area contributed by atoms with Gasteiger partial charge in [0.2, 0.25) is 5.88 Å². The van der Waals surface area contributed by atoms with Gasteiger partial charge in [-0.2, -0.15) is 13.2 Å². The van der Waals surface area contributed by atoms with E-state index in [1.54, 1.807) is 31.4 Å². The van der Waals surface area contributed by atoms with Gasteiger partial charge in [0.25, 0.3) is 0 Å². The van der Waals surface area contributed by atoms with Crippen LogP contribution in [0.5, 0.6) is 23.1 Å². The summed E-state index contributed by atoms with van der Waals surface area (Å²) in [5.74, 6) is 0.145. The molecule has 0 unspecified atom stereocenters. The van der Waals surface area contributed by atoms with E-state index in [0.29, 0.717) is 85.4 Å². The van der Waals surface area contributed by atoms with Crippen LogP contribution in [0, 0.1) is 5.82 Å². The van der Waals surface area contributed by atoms with Gasteiger partial charge in [0.1, 0.15) is 24.5 Å². The van der Waals surface area contributed by atoms with E-state index in [4.69, 9.17) is 23.7 Å². The second-order valence-corrected chi connectivity index (χ2v) is 9.13. The molecule has 2 N–H and O–H groups in total. The predicted molar refractivity (Wildman–Crippen MR) is 154 cm³/mol. The first-order chi connectivity index (χ1) is 21.2. The summed E-state index contributed by atoms with van der Waals surface area (Å²) < 4.78 is 80.7. The first-order valence-electron chi connectivity index (χ1n) is 13.5. The molecule has 2 amide bonds. The van der Waals surface area contributed by atoms with Crippen LogP contribution in [0.1, 0.15) is 18.9 Å². The Morgan fingerprint density at radius 1 is 0.864 bits per heavy atom. The van der Waals surface area contributed by atoms with Crippen molar-refractivity contribution < 1.29 is 46.0 Å². The van der Waals surface area contributed by atoms with E-state index in [2.05, 4.69) is 20.6 Å². The molecule has 4 rings (SSSR count). The molecule has 0 bridgehead atoms. The van der Waals surface area contributed by atoms with Crippen LogP contribution in [0.4, 0.5) is 33.7 Å². The van der Waals surface area contributed by atoms with E-state index in [0.717, 1.165) is 6.07 Å². The standard InChI is InChI=1S/C30H30F4N4O6/c1-3-41-13-14-43-27-17-25-22(16-26(27)42-12-4-11-40-2)28(36-18-35-25)44-21-8-5-19(6-9-21)37-29(39)38-20-7-10-24(31)23(15-20)30(32,33)34/h5-10,15-18H,3-4,11-14H2,1-2H3,(H2,37,38,39). The zero-order valence-corrected chi connectivity index (χ0v) is 23.9. The lowest BCUT2D eigenvalue weighted by atomic mass is 10.2. The van der Waals surface area contributed by atoms with Gasteiger partial charge in [0.05, 0.1) is 29.7 Å². The second-order valence-electron chi connectivity index (χ2n) is 9.13. The number of carbonyl (C=O) groups excluding carboxylic acids is 1. The molecule has 14 heteroatoms. The van der Waals surface area contributed by atoms with Gasteiger partial charge in [0.15, 0.2) is 11.5 Å². The topological polar surface area (TPSA) is 113 Å². The quantitative estimate of drug-likeness (QED) is 0.114. The number of carbonyl (C=O) groups is 1. The van der Waals surface area contributed by atoms with Gasteiger partial charge in [-0.3, -0.25) is 0 Å². The van der Waals surface area contributed by atoms with Gasteiger partial charge in [-0.15, -0.1) is 0 Å². The number of hydrogen-bond acceptors (Lipinski definition) is 8. The van der Waals surface area contributed by atoms with Gasteiger partial charge in [0, 0.05) is 44.2 Å². The van der Waals surface area contributed by atoms with Crippen molar-refractivity contribution in [1.82, 2.24) is 9.97 Å². The molecule has 0 saturated carbocycles. The summed E-state index contributed by atoms with van der Waals surface area (Å²) in [6.07, 6.45) is -2.89. The van der Waals surface area contributed by atoms with E-state index in [-0.39, 0.29) is 11.6 Å². The molecule has 10 nitrogen and oxygen atoms in total. The third-order valence-electron chi connectivity index (χ3n) is 5.96. The lowest BCUT2D eigenvalue weighted by Gasteiger charge is -2.15. The largest absolute Gasteiger partial charge is 0.490 e. The SMILES string of the molecule is CCOCCOc1cc2ncnc(Oc3ccc(NC(=O)Nc4ccc(F)c(C(F)(F)F)c4)cc3)c2cc1OCCCOC. The molecule has 0 aliphatic heterocycles. The molecule has 4 aromatic rings. The van der Waals surface area contributed by atoms with E-state index in [1.165, 1.54) is 18.5 Å². The molecule has 234 valence electrons. The summed E-state index contributed by atoms with van der Waals surface area (Å²) in [7, 11) is 1.61. The number of aromatic nitrogens is 2. The van der Waals surface area contributed by atoms with Crippen molar-refractivity contribution in [3.63, 3.8) is 0 Å². The molecule has 0 fully saturated rings. The Kier molecular flexibility index (Phi) is 11.1. The second kappa shape index (κ2) is 15.2. The minimum atomic E-state index is -4.90. The number of methoxy groups -OCH3 is 1. The third-order valence-corrected chi connectivity index (χ3v) is 5.96. The number of halogens is 4. The Bertz CT molecular complexity index is 1550. The Balaban J connectivity index is 1.46. The van der Waals surface area contributed by atoms with Crippen LogP contribution in [0.25, 0.3) is 10.9 Å². The number of nitrogens with zero attached hydrogens (tertiary/aromatic N) is 2. The van der Waals surface area contributed by atoms with E-state index < -0.39 is 23.6 Å². The van der Waals surface area contributed by atoms with Crippen LogP contribution < -0.4 is 24.8 Å². The zero-order chi connectivity index (χ0) is 31.5. The Labute approximate surface area is 250 Å². The number of urea groups is 1. The Morgan fingerprint density at radius 2 is 1.57 bits per heavy atom. The fourth-order valence-corrected chi connectivity index (χ4v) is 3.92. The number of nitrogens with one attached hydrogen (secondary N) is 2. The monoisotopic (exact) mass is 618 g/mol. The van der Waals surface area contributed by atoms with Crippen molar-refractivity contribution in [2.75, 3.05) is 50.8 Å². The minimum Gasteiger partial charge on any atom is -0.490 e. The highest BCUT2D eigenvalue weighted by Crippen LogP contribution is 2.37. The van der Waals surface area contributed by atoms with Crippen LogP contribution in [0.15, 0.2) is 60.9 Å². The zero-order valence-electron chi connectivity index (χ0n) is 23.9. The summed E-state index contributed by atoms with van der Waals surface area (Å²) in [5.41, 5.74) is -0.836. The van der Waals surface area contributed by atoms with Crippen molar-refractivity contribution in [1.29, 1.82) is 0 Å². The highest BCUT2D eigenvalue weighted by molar-refractivity contribution is 5.99. The maximum atomic E-state index is 13.5. The van der Waals surface area contributed by atoms with Crippen molar-refractivity contribution in [3.05, 3.63) is 72.3 Å². The van der Waals surface area contributed by atoms with Crippen molar-refractivity contribution in [2.45, 2.75) is 19.5 Å². The number of alkyl halides is 3. The van der Waals surface area contributed by atoms with E-state index in [1.807, 2.05) is 6.92 Å². The number of benzene rings is 3. The third kappa shape index (κ3) is 8.91. The van der Waals surface area contributed by atoms with Crippen molar-refractivity contribution in [3.8, 4) is 23.1 Å². The lowest BCUT2D eigenvalue weighted by molar-refractivity contribution is -0.139. The fourth-order valence-electron chi connectivity index (χ4n) is 3.92. The first kappa shape index (κ1) is 32.2. The summed E-state index contributed by atoms with van der Waals surface area (Å²) in [6.45, 7) is 4.11. The maximum Gasteiger partial charge on any atom is 0.419 e. The molecule has 1 aromatic heterocycles. The Morgan fingerprint density at radius 3 is 2.30 bits per heavy atom. The summed E-state index contributed by atoms with van der Waals surface area (Å²) in [4.78, 5) is 20.9. The predicted octanol–water partition coefficient (Wildman–Crippen LogP) is 7.05. The first-order valence-corrected chi connectivity index (χ1v) is 13.5. The van der Waals surface area contributed by atoms with Gasteiger partial charge in [-0.25, -0.2) is 19.2 Å².